The van der Waals surface area contributed by atoms with Gasteiger partial charge in [0.15, 0.2) is 29.8 Å². The van der Waals surface area contributed by atoms with E-state index in [1.54, 1.807) is 19.0 Å². The number of aromatic nitrogens is 5. The molecule has 0 aliphatic carbocycles. The molecule has 54 heavy (non-hydrogen) atoms. The molecule has 6 rings (SSSR count). The van der Waals surface area contributed by atoms with Crippen LogP contribution in [0.15, 0.2) is 79.0 Å². The molecular formula is C32H25N9O13. The first-order valence-corrected chi connectivity index (χ1v) is 15.5. The van der Waals surface area contributed by atoms with E-state index < -0.39 is 63.7 Å². The number of anilines is 1. The van der Waals surface area contributed by atoms with Crippen LogP contribution in [0.3, 0.4) is 0 Å². The van der Waals surface area contributed by atoms with Crippen LogP contribution in [-0.4, -0.2) is 96.5 Å². The summed E-state index contributed by atoms with van der Waals surface area (Å²) in [5, 5.41) is 46.1. The quantitative estimate of drug-likeness (QED) is 0.0768. The van der Waals surface area contributed by atoms with Crippen molar-refractivity contribution in [2.75, 3.05) is 25.6 Å². The first kappa shape index (κ1) is 36.3. The van der Waals surface area contributed by atoms with Crippen molar-refractivity contribution >= 4 is 46.6 Å². The summed E-state index contributed by atoms with van der Waals surface area (Å²) in [6.07, 6.45) is -4.61. The highest BCUT2D eigenvalue weighted by Gasteiger charge is 2.53. The van der Waals surface area contributed by atoms with Gasteiger partial charge in [0.2, 0.25) is 5.95 Å². The number of non-ortho nitro benzene ring substituents is 3. The number of benzene rings is 3. The number of nitro benzene ring substituents is 3. The summed E-state index contributed by atoms with van der Waals surface area (Å²) >= 11 is 0. The minimum Gasteiger partial charge on any atom is -0.459 e. The van der Waals surface area contributed by atoms with Gasteiger partial charge in [0, 0.05) is 50.5 Å². The fraction of sp³-hybridized carbons (Fsp3) is 0.219. The Kier molecular flexibility index (Phi) is 10.1. The molecule has 1 saturated heterocycles. The molecule has 0 saturated carbocycles. The van der Waals surface area contributed by atoms with Gasteiger partial charge in [0.1, 0.15) is 12.7 Å². The largest absolute Gasteiger partial charge is 0.459 e. The Morgan fingerprint density at radius 2 is 1.19 bits per heavy atom. The molecule has 0 amide bonds. The number of carbonyl (C=O) groups is 3. The van der Waals surface area contributed by atoms with Crippen molar-refractivity contribution in [2.45, 2.75) is 24.4 Å². The summed E-state index contributed by atoms with van der Waals surface area (Å²) in [6.45, 7) is -0.634. The maximum absolute atomic E-state index is 13.6. The Labute approximate surface area is 301 Å². The van der Waals surface area contributed by atoms with Crippen LogP contribution in [0, 0.1) is 30.3 Å². The van der Waals surface area contributed by atoms with Crippen molar-refractivity contribution in [1.29, 1.82) is 0 Å². The lowest BCUT2D eigenvalue weighted by Crippen LogP contribution is -2.41. The number of hydrogen-bond donors (Lipinski definition) is 0. The van der Waals surface area contributed by atoms with Crippen LogP contribution in [0.4, 0.5) is 23.0 Å². The van der Waals surface area contributed by atoms with E-state index in [9.17, 15) is 44.7 Å². The van der Waals surface area contributed by atoms with Gasteiger partial charge in [-0.3, -0.25) is 30.3 Å². The number of hydrogen-bond acceptors (Lipinski definition) is 18. The molecule has 4 atom stereocenters. The number of nitro groups is 3. The monoisotopic (exact) mass is 743 g/mol. The standard InChI is InChI=1S/C32H25N9O13/c1-37(2)32-33-15-24-34-35-28(38(24)36-32)27-26(54-31(44)19-7-13-22(14-8-19)41(49)50)25(53-30(43)18-5-11-21(12-6-18)40(47)48)23(52-27)16-51-29(42)17-3-9-20(10-4-17)39(45)46/h3-15,23,25-27H,16H2,1-2H3/t23-,25-,26-,27-/m1/s1. The average Bonchev–Trinajstić information content (AvgIpc) is 3.73. The van der Waals surface area contributed by atoms with Crippen LogP contribution in [0.1, 0.15) is 43.0 Å². The molecule has 3 heterocycles. The molecule has 5 aromatic rings. The molecule has 22 nitrogen and oxygen atoms in total. The smallest absolute Gasteiger partial charge is 0.338 e. The molecule has 22 heteroatoms. The van der Waals surface area contributed by atoms with Gasteiger partial charge in [-0.05, 0) is 36.4 Å². The molecular weight excluding hydrogens is 718 g/mol. The Morgan fingerprint density at radius 3 is 1.65 bits per heavy atom. The molecule has 2 aromatic heterocycles. The summed E-state index contributed by atoms with van der Waals surface area (Å²) in [6, 6.07) is 13.4. The summed E-state index contributed by atoms with van der Waals surface area (Å²) < 4.78 is 24.7. The summed E-state index contributed by atoms with van der Waals surface area (Å²) in [5.74, 6) is -2.84. The van der Waals surface area contributed by atoms with E-state index in [0.717, 1.165) is 60.7 Å². The van der Waals surface area contributed by atoms with E-state index in [1.165, 1.54) is 22.8 Å². The Balaban J connectivity index is 1.38. The second kappa shape index (κ2) is 15.0. The van der Waals surface area contributed by atoms with Crippen LogP contribution in [0.25, 0.3) is 5.65 Å². The maximum Gasteiger partial charge on any atom is 0.338 e. The molecule has 0 unspecified atom stereocenters. The predicted molar refractivity (Wildman–Crippen MR) is 178 cm³/mol. The van der Waals surface area contributed by atoms with Crippen LogP contribution >= 0.6 is 0 Å². The van der Waals surface area contributed by atoms with Gasteiger partial charge < -0.3 is 23.8 Å². The van der Waals surface area contributed by atoms with Gasteiger partial charge in [-0.1, -0.05) is 0 Å². The lowest BCUT2D eigenvalue weighted by Gasteiger charge is -2.24. The molecule has 0 N–H and O–H groups in total. The van der Waals surface area contributed by atoms with E-state index >= 15 is 0 Å². The Bertz CT molecular complexity index is 2260. The zero-order valence-corrected chi connectivity index (χ0v) is 27.9. The number of nitrogens with zero attached hydrogens (tertiary/aromatic N) is 9. The molecule has 0 bridgehead atoms. The third-order valence-corrected chi connectivity index (χ3v) is 7.94. The number of carbonyl (C=O) groups excluding carboxylic acids is 3. The van der Waals surface area contributed by atoms with E-state index in [0.29, 0.717) is 0 Å². The second-order valence-electron chi connectivity index (χ2n) is 11.6. The van der Waals surface area contributed by atoms with Crippen molar-refractivity contribution in [3.8, 4) is 0 Å². The molecule has 276 valence electrons. The minimum atomic E-state index is -1.58. The van der Waals surface area contributed by atoms with Crippen molar-refractivity contribution in [3.63, 3.8) is 0 Å². The zero-order chi connectivity index (χ0) is 38.7. The van der Waals surface area contributed by atoms with Gasteiger partial charge in [0.05, 0.1) is 37.7 Å². The van der Waals surface area contributed by atoms with Crippen LogP contribution in [0.5, 0.6) is 0 Å². The first-order chi connectivity index (χ1) is 25.8. The van der Waals surface area contributed by atoms with Crippen molar-refractivity contribution in [1.82, 2.24) is 24.8 Å². The second-order valence-corrected chi connectivity index (χ2v) is 11.6. The fourth-order valence-corrected chi connectivity index (χ4v) is 5.22. The molecule has 0 spiro atoms. The van der Waals surface area contributed by atoms with Crippen LogP contribution < -0.4 is 4.90 Å². The summed E-state index contributed by atoms with van der Waals surface area (Å²) in [5.41, 5.74) is -1.06. The van der Waals surface area contributed by atoms with E-state index in [1.807, 2.05) is 0 Å². The highest BCUT2D eigenvalue weighted by molar-refractivity contribution is 5.91. The first-order valence-electron chi connectivity index (χ1n) is 15.5. The van der Waals surface area contributed by atoms with E-state index in [4.69, 9.17) is 18.9 Å². The van der Waals surface area contributed by atoms with Crippen molar-refractivity contribution < 1.29 is 48.1 Å². The van der Waals surface area contributed by atoms with Crippen LogP contribution in [0.2, 0.25) is 0 Å². The highest BCUT2D eigenvalue weighted by Crippen LogP contribution is 2.38. The van der Waals surface area contributed by atoms with E-state index in [-0.39, 0.29) is 51.2 Å². The molecule has 0 radical (unpaired) electrons. The Morgan fingerprint density at radius 1 is 0.722 bits per heavy atom. The van der Waals surface area contributed by atoms with Crippen molar-refractivity contribution in [2.24, 2.45) is 0 Å². The van der Waals surface area contributed by atoms with Gasteiger partial charge in [-0.15, -0.1) is 15.3 Å². The lowest BCUT2D eigenvalue weighted by atomic mass is 10.1. The normalized spacial score (nSPS) is 17.7. The van der Waals surface area contributed by atoms with Gasteiger partial charge in [-0.25, -0.2) is 19.4 Å². The summed E-state index contributed by atoms with van der Waals surface area (Å²) in [4.78, 5) is 77.4. The Hall–Kier alpha value is -7.49. The number of fused-ring (bicyclic) bond motifs is 1. The molecule has 1 fully saturated rings. The third-order valence-electron chi connectivity index (χ3n) is 7.94. The summed E-state index contributed by atoms with van der Waals surface area (Å²) in [7, 11) is 3.35. The molecule has 3 aromatic carbocycles. The van der Waals surface area contributed by atoms with Crippen LogP contribution in [-0.2, 0) is 18.9 Å². The number of ether oxygens (including phenoxy) is 4. The van der Waals surface area contributed by atoms with Crippen molar-refractivity contribution in [3.05, 3.63) is 132 Å². The predicted octanol–water partition coefficient (Wildman–Crippen LogP) is 3.06. The van der Waals surface area contributed by atoms with Gasteiger partial charge in [-0.2, -0.15) is 4.52 Å². The molecule has 1 aliphatic rings. The van der Waals surface area contributed by atoms with Gasteiger partial charge in [0.25, 0.3) is 17.1 Å². The molecule has 1 aliphatic heterocycles. The minimum absolute atomic E-state index is 0.0578. The van der Waals surface area contributed by atoms with Gasteiger partial charge >= 0.3 is 17.9 Å². The topological polar surface area (TPSA) is 277 Å². The fourth-order valence-electron chi connectivity index (χ4n) is 5.22. The SMILES string of the molecule is CN(C)c1ncc2nnc([C@@H]3O[C@H](COC(=O)c4ccc([N+](=O)[O-])cc4)[C@@H](OC(=O)c4ccc([N+](=O)[O-])cc4)[C@H]3OC(=O)c3ccc([N+](=O)[O-])cc3)n2n1. The third kappa shape index (κ3) is 7.57. The maximum atomic E-state index is 13.6. The zero-order valence-electron chi connectivity index (χ0n) is 27.9. The lowest BCUT2D eigenvalue weighted by molar-refractivity contribution is -0.385. The average molecular weight is 744 g/mol. The number of esters is 3. The van der Waals surface area contributed by atoms with E-state index in [2.05, 4.69) is 20.3 Å². The highest BCUT2D eigenvalue weighted by atomic mass is 16.7. The number of rotatable bonds is 12.